The van der Waals surface area contributed by atoms with Gasteiger partial charge in [-0.2, -0.15) is 0 Å². The van der Waals surface area contributed by atoms with Gasteiger partial charge in [-0.3, -0.25) is 4.79 Å². The number of hydrogen-bond donors (Lipinski definition) is 0. The Balaban J connectivity index is 1.65. The maximum absolute atomic E-state index is 11.5. The van der Waals surface area contributed by atoms with Crippen molar-refractivity contribution in [1.29, 1.82) is 0 Å². The van der Waals surface area contributed by atoms with Crippen LogP contribution in [0.5, 0.6) is 0 Å². The highest BCUT2D eigenvalue weighted by molar-refractivity contribution is 8.00. The van der Waals surface area contributed by atoms with Crippen LogP contribution in [0.3, 0.4) is 0 Å². The first-order valence-electron chi connectivity index (χ1n) is 4.66. The molecule has 0 bridgehead atoms. The Kier molecular flexibility index (Phi) is 3.24. The van der Waals surface area contributed by atoms with Gasteiger partial charge in [-0.15, -0.1) is 11.8 Å². The van der Waals surface area contributed by atoms with Gasteiger partial charge in [0.1, 0.15) is 5.78 Å². The van der Waals surface area contributed by atoms with E-state index in [9.17, 15) is 4.79 Å². The van der Waals surface area contributed by atoms with E-state index in [-0.39, 0.29) is 5.92 Å². The van der Waals surface area contributed by atoms with Gasteiger partial charge < -0.3 is 9.47 Å². The summed E-state index contributed by atoms with van der Waals surface area (Å²) in [6, 6.07) is 0. The molecule has 2 aliphatic heterocycles. The van der Waals surface area contributed by atoms with Gasteiger partial charge >= 0.3 is 0 Å². The molecule has 3 nitrogen and oxygen atoms in total. The van der Waals surface area contributed by atoms with Crippen molar-refractivity contribution in [2.45, 2.75) is 11.7 Å². The fourth-order valence-corrected chi connectivity index (χ4v) is 2.44. The molecule has 2 rings (SSSR count). The highest BCUT2D eigenvalue weighted by atomic mass is 32.2. The molecule has 0 aliphatic carbocycles. The molecule has 0 spiro atoms. The van der Waals surface area contributed by atoms with Crippen LogP contribution in [0, 0.1) is 5.92 Å². The Morgan fingerprint density at radius 1 is 1.31 bits per heavy atom. The van der Waals surface area contributed by atoms with Crippen LogP contribution in [0.1, 0.15) is 6.42 Å². The van der Waals surface area contributed by atoms with Crippen LogP contribution in [0.25, 0.3) is 0 Å². The molecule has 0 aromatic carbocycles. The zero-order chi connectivity index (χ0) is 9.10. The Morgan fingerprint density at radius 3 is 2.69 bits per heavy atom. The number of carbonyl (C=O) groups is 1. The highest BCUT2D eigenvalue weighted by Crippen LogP contribution is 2.22. The topological polar surface area (TPSA) is 35.5 Å². The lowest BCUT2D eigenvalue weighted by Crippen LogP contribution is -2.32. The fourth-order valence-electron chi connectivity index (χ4n) is 1.42. The molecule has 13 heavy (non-hydrogen) atoms. The Morgan fingerprint density at radius 2 is 2.15 bits per heavy atom. The highest BCUT2D eigenvalue weighted by Gasteiger charge is 2.26. The molecule has 2 heterocycles. The van der Waals surface area contributed by atoms with Crippen LogP contribution in [-0.2, 0) is 14.3 Å². The monoisotopic (exact) mass is 202 g/mol. The molecule has 1 atom stereocenters. The molecular weight excluding hydrogens is 188 g/mol. The number of rotatable bonds is 4. The maximum atomic E-state index is 11.5. The zero-order valence-corrected chi connectivity index (χ0v) is 8.35. The normalized spacial score (nSPS) is 28.8. The molecule has 1 unspecified atom stereocenters. The number of ether oxygens (including phenoxy) is 2. The van der Waals surface area contributed by atoms with Crippen LogP contribution in [-0.4, -0.2) is 43.2 Å². The molecular formula is C9H14O3S. The van der Waals surface area contributed by atoms with E-state index < -0.39 is 0 Å². The zero-order valence-electron chi connectivity index (χ0n) is 7.53. The van der Waals surface area contributed by atoms with E-state index in [4.69, 9.17) is 9.47 Å². The summed E-state index contributed by atoms with van der Waals surface area (Å²) in [5, 5.41) is 0.561. The summed E-state index contributed by atoms with van der Waals surface area (Å²) in [5.74, 6) is 1.17. The Hall–Kier alpha value is -0.0600. The number of thioether (sulfide) groups is 1. The van der Waals surface area contributed by atoms with E-state index in [0.717, 1.165) is 26.2 Å². The number of ketones is 1. The lowest BCUT2D eigenvalue weighted by atomic mass is 10.1. The van der Waals surface area contributed by atoms with Crippen molar-refractivity contribution in [3.8, 4) is 0 Å². The SMILES string of the molecule is O=C(CSC1COC1)C1CCOC1. The van der Waals surface area contributed by atoms with Gasteiger partial charge in [-0.1, -0.05) is 0 Å². The summed E-state index contributed by atoms with van der Waals surface area (Å²) in [5.41, 5.74) is 0. The third-order valence-corrected chi connectivity index (χ3v) is 3.65. The molecule has 0 amide bonds. The van der Waals surface area contributed by atoms with Gasteiger partial charge in [0.05, 0.1) is 30.8 Å². The van der Waals surface area contributed by atoms with E-state index in [0.29, 0.717) is 23.4 Å². The third kappa shape index (κ3) is 2.45. The first-order chi connectivity index (χ1) is 6.36. The minimum atomic E-state index is 0.175. The summed E-state index contributed by atoms with van der Waals surface area (Å²) < 4.78 is 10.2. The van der Waals surface area contributed by atoms with Crippen LogP contribution < -0.4 is 0 Å². The average molecular weight is 202 g/mol. The summed E-state index contributed by atoms with van der Waals surface area (Å²) >= 11 is 1.73. The average Bonchev–Trinajstić information content (AvgIpc) is 2.52. The first kappa shape index (κ1) is 9.49. The molecule has 4 heteroatoms. The third-order valence-electron chi connectivity index (χ3n) is 2.45. The summed E-state index contributed by atoms with van der Waals surface area (Å²) in [7, 11) is 0. The molecule has 0 radical (unpaired) electrons. The van der Waals surface area contributed by atoms with E-state index >= 15 is 0 Å². The van der Waals surface area contributed by atoms with Crippen LogP contribution in [0.15, 0.2) is 0 Å². The van der Waals surface area contributed by atoms with E-state index in [2.05, 4.69) is 0 Å². The standard InChI is InChI=1S/C9H14O3S/c10-9(7-1-2-11-3-7)6-13-8-4-12-5-8/h7-8H,1-6H2. The van der Waals surface area contributed by atoms with Crippen molar-refractivity contribution in [2.75, 3.05) is 32.2 Å². The second-order valence-corrected chi connectivity index (χ2v) is 4.79. The van der Waals surface area contributed by atoms with Crippen molar-refractivity contribution in [1.82, 2.24) is 0 Å². The lowest BCUT2D eigenvalue weighted by Gasteiger charge is -2.25. The van der Waals surface area contributed by atoms with Crippen LogP contribution >= 0.6 is 11.8 Å². The second kappa shape index (κ2) is 4.44. The number of Topliss-reactive ketones (excluding diaryl/α,β-unsaturated/α-hetero) is 1. The quantitative estimate of drug-likeness (QED) is 0.673. The van der Waals surface area contributed by atoms with Gasteiger partial charge in [0.25, 0.3) is 0 Å². The molecule has 0 N–H and O–H groups in total. The molecule has 74 valence electrons. The predicted molar refractivity (Wildman–Crippen MR) is 51.0 cm³/mol. The van der Waals surface area contributed by atoms with Gasteiger partial charge in [0, 0.05) is 12.5 Å². The fraction of sp³-hybridized carbons (Fsp3) is 0.889. The minimum absolute atomic E-state index is 0.175. The first-order valence-corrected chi connectivity index (χ1v) is 5.71. The van der Waals surface area contributed by atoms with E-state index in [1.165, 1.54) is 0 Å². The predicted octanol–water partition coefficient (Wildman–Crippen LogP) is 0.724. The summed E-state index contributed by atoms with van der Waals surface area (Å²) in [6.07, 6.45) is 0.917. The second-order valence-electron chi connectivity index (χ2n) is 3.50. The van der Waals surface area contributed by atoms with Crippen LogP contribution in [0.4, 0.5) is 0 Å². The molecule has 2 aliphatic rings. The molecule has 0 saturated carbocycles. The molecule has 0 aromatic heterocycles. The molecule has 2 saturated heterocycles. The van der Waals surface area contributed by atoms with Crippen molar-refractivity contribution in [3.63, 3.8) is 0 Å². The van der Waals surface area contributed by atoms with Crippen molar-refractivity contribution < 1.29 is 14.3 Å². The lowest BCUT2D eigenvalue weighted by molar-refractivity contribution is -0.120. The van der Waals surface area contributed by atoms with Gasteiger partial charge in [0.15, 0.2) is 0 Å². The smallest absolute Gasteiger partial charge is 0.148 e. The van der Waals surface area contributed by atoms with Gasteiger partial charge in [-0.25, -0.2) is 0 Å². The Labute approximate surface area is 82.2 Å². The van der Waals surface area contributed by atoms with E-state index in [1.54, 1.807) is 11.8 Å². The maximum Gasteiger partial charge on any atom is 0.148 e. The summed E-state index contributed by atoms with van der Waals surface area (Å²) in [6.45, 7) is 3.03. The summed E-state index contributed by atoms with van der Waals surface area (Å²) in [4.78, 5) is 11.5. The number of carbonyl (C=O) groups excluding carboxylic acids is 1. The van der Waals surface area contributed by atoms with Gasteiger partial charge in [0.2, 0.25) is 0 Å². The van der Waals surface area contributed by atoms with Crippen LogP contribution in [0.2, 0.25) is 0 Å². The molecule has 0 aromatic rings. The largest absolute Gasteiger partial charge is 0.381 e. The Bertz CT molecular complexity index is 185. The minimum Gasteiger partial charge on any atom is -0.381 e. The van der Waals surface area contributed by atoms with Crippen molar-refractivity contribution in [2.24, 2.45) is 5.92 Å². The van der Waals surface area contributed by atoms with Crippen molar-refractivity contribution >= 4 is 17.5 Å². The van der Waals surface area contributed by atoms with E-state index in [1.807, 2.05) is 0 Å². The number of hydrogen-bond acceptors (Lipinski definition) is 4. The van der Waals surface area contributed by atoms with Crippen molar-refractivity contribution in [3.05, 3.63) is 0 Å². The van der Waals surface area contributed by atoms with Gasteiger partial charge in [-0.05, 0) is 6.42 Å². The molecule has 2 fully saturated rings.